The monoisotopic (exact) mass is 360 g/mol. The predicted octanol–water partition coefficient (Wildman–Crippen LogP) is 3.76. The van der Waals surface area contributed by atoms with E-state index in [2.05, 4.69) is 52.0 Å². The van der Waals surface area contributed by atoms with Crippen molar-refractivity contribution < 1.29 is 4.79 Å². The number of nitrogens with zero attached hydrogens (tertiary/aromatic N) is 2. The van der Waals surface area contributed by atoms with Crippen LogP contribution in [0.4, 0.5) is 5.82 Å². The second-order valence-corrected chi connectivity index (χ2v) is 6.43. The molecule has 0 bridgehead atoms. The van der Waals surface area contributed by atoms with Gasteiger partial charge in [0.15, 0.2) is 5.69 Å². The number of amides is 1. The number of carbonyl (C=O) groups excluding carboxylic acids is 1. The van der Waals surface area contributed by atoms with Crippen LogP contribution < -0.4 is 10.6 Å². The Bertz CT molecular complexity index is 863. The van der Waals surface area contributed by atoms with E-state index in [4.69, 9.17) is 0 Å². The van der Waals surface area contributed by atoms with Gasteiger partial charge in [0.2, 0.25) is 0 Å². The Balaban J connectivity index is 1.43. The fourth-order valence-corrected chi connectivity index (χ4v) is 2.77. The molecule has 0 radical (unpaired) electrons. The summed E-state index contributed by atoms with van der Waals surface area (Å²) in [6.07, 6.45) is 1.83. The Kier molecular flexibility index (Phi) is 6.52. The summed E-state index contributed by atoms with van der Waals surface area (Å²) < 4.78 is 0. The van der Waals surface area contributed by atoms with Crippen molar-refractivity contribution in [3.8, 4) is 0 Å². The SMILES string of the molecule is Cc1ccccc1CNc1ccc(C(=O)NCCCc2ccccc2)nn1. The van der Waals surface area contributed by atoms with E-state index in [1.54, 1.807) is 12.1 Å². The van der Waals surface area contributed by atoms with E-state index in [-0.39, 0.29) is 5.91 Å². The van der Waals surface area contributed by atoms with Crippen molar-refractivity contribution >= 4 is 11.7 Å². The van der Waals surface area contributed by atoms with Gasteiger partial charge in [-0.3, -0.25) is 4.79 Å². The fourth-order valence-electron chi connectivity index (χ4n) is 2.77. The van der Waals surface area contributed by atoms with Gasteiger partial charge in [0.1, 0.15) is 5.82 Å². The van der Waals surface area contributed by atoms with Gasteiger partial charge in [-0.2, -0.15) is 0 Å². The number of hydrogen-bond donors (Lipinski definition) is 2. The molecule has 0 aliphatic heterocycles. The molecule has 0 atom stereocenters. The van der Waals surface area contributed by atoms with Crippen LogP contribution in [0.1, 0.15) is 33.6 Å². The third kappa shape index (κ3) is 5.64. The molecule has 0 saturated carbocycles. The number of nitrogens with one attached hydrogen (secondary N) is 2. The van der Waals surface area contributed by atoms with Gasteiger partial charge < -0.3 is 10.6 Å². The molecular formula is C22H24N4O. The van der Waals surface area contributed by atoms with E-state index < -0.39 is 0 Å². The zero-order valence-electron chi connectivity index (χ0n) is 15.5. The van der Waals surface area contributed by atoms with Crippen LogP contribution in [-0.2, 0) is 13.0 Å². The number of benzene rings is 2. The summed E-state index contributed by atoms with van der Waals surface area (Å²) >= 11 is 0. The molecule has 0 fully saturated rings. The highest BCUT2D eigenvalue weighted by atomic mass is 16.1. The lowest BCUT2D eigenvalue weighted by atomic mass is 10.1. The van der Waals surface area contributed by atoms with Gasteiger partial charge in [0.05, 0.1) is 0 Å². The summed E-state index contributed by atoms with van der Waals surface area (Å²) in [5.74, 6) is 0.458. The molecule has 138 valence electrons. The maximum atomic E-state index is 12.2. The van der Waals surface area contributed by atoms with Crippen LogP contribution in [0.5, 0.6) is 0 Å². The standard InChI is InChI=1S/C22H24N4O/c1-17-8-5-6-12-19(17)16-24-21-14-13-20(25-26-21)22(27)23-15-7-11-18-9-3-2-4-10-18/h2-6,8-10,12-14H,7,11,15-16H2,1H3,(H,23,27)(H,24,26). The lowest BCUT2D eigenvalue weighted by molar-refractivity contribution is 0.0947. The molecule has 3 rings (SSSR count). The minimum atomic E-state index is -0.194. The van der Waals surface area contributed by atoms with Crippen LogP contribution in [0.3, 0.4) is 0 Å². The molecule has 5 nitrogen and oxygen atoms in total. The molecule has 1 amide bonds. The molecule has 2 aromatic carbocycles. The van der Waals surface area contributed by atoms with E-state index >= 15 is 0 Å². The van der Waals surface area contributed by atoms with Gasteiger partial charge >= 0.3 is 0 Å². The average Bonchev–Trinajstić information content (AvgIpc) is 2.72. The van der Waals surface area contributed by atoms with E-state index in [1.165, 1.54) is 16.7 Å². The number of aryl methyl sites for hydroxylation is 2. The topological polar surface area (TPSA) is 66.9 Å². The van der Waals surface area contributed by atoms with Gasteiger partial charge in [-0.25, -0.2) is 0 Å². The third-order valence-corrected chi connectivity index (χ3v) is 4.39. The van der Waals surface area contributed by atoms with Gasteiger partial charge in [-0.05, 0) is 48.6 Å². The Morgan fingerprint density at radius 1 is 0.926 bits per heavy atom. The van der Waals surface area contributed by atoms with Crippen LogP contribution in [-0.4, -0.2) is 22.6 Å². The van der Waals surface area contributed by atoms with Gasteiger partial charge in [0.25, 0.3) is 5.91 Å². The average molecular weight is 360 g/mol. The Labute approximate surface area is 159 Å². The van der Waals surface area contributed by atoms with E-state index in [1.807, 2.05) is 30.3 Å². The molecule has 0 unspecified atom stereocenters. The van der Waals surface area contributed by atoms with Crippen LogP contribution in [0.15, 0.2) is 66.7 Å². The molecule has 0 aliphatic carbocycles. The largest absolute Gasteiger partial charge is 0.364 e. The van der Waals surface area contributed by atoms with Gasteiger partial charge in [-0.1, -0.05) is 54.6 Å². The zero-order chi connectivity index (χ0) is 18.9. The van der Waals surface area contributed by atoms with Crippen LogP contribution in [0.25, 0.3) is 0 Å². The highest BCUT2D eigenvalue weighted by Gasteiger charge is 2.07. The summed E-state index contributed by atoms with van der Waals surface area (Å²) in [7, 11) is 0. The second-order valence-electron chi connectivity index (χ2n) is 6.43. The van der Waals surface area contributed by atoms with E-state index in [9.17, 15) is 4.79 Å². The summed E-state index contributed by atoms with van der Waals surface area (Å²) in [6, 6.07) is 21.9. The normalized spacial score (nSPS) is 10.4. The Morgan fingerprint density at radius 3 is 2.44 bits per heavy atom. The Morgan fingerprint density at radius 2 is 1.70 bits per heavy atom. The number of rotatable bonds is 8. The smallest absolute Gasteiger partial charge is 0.271 e. The van der Waals surface area contributed by atoms with Crippen molar-refractivity contribution in [1.29, 1.82) is 0 Å². The number of hydrogen-bond acceptors (Lipinski definition) is 4. The van der Waals surface area contributed by atoms with Crippen LogP contribution in [0.2, 0.25) is 0 Å². The van der Waals surface area contributed by atoms with Crippen molar-refractivity contribution in [2.75, 3.05) is 11.9 Å². The first-order valence-corrected chi connectivity index (χ1v) is 9.16. The molecule has 27 heavy (non-hydrogen) atoms. The molecule has 1 heterocycles. The maximum Gasteiger partial charge on any atom is 0.271 e. The molecule has 0 spiro atoms. The van der Waals surface area contributed by atoms with Crippen molar-refractivity contribution in [3.05, 3.63) is 89.1 Å². The first-order valence-electron chi connectivity index (χ1n) is 9.16. The van der Waals surface area contributed by atoms with E-state index in [0.29, 0.717) is 24.6 Å². The van der Waals surface area contributed by atoms with Crippen molar-refractivity contribution in [1.82, 2.24) is 15.5 Å². The lowest BCUT2D eigenvalue weighted by Gasteiger charge is -2.08. The zero-order valence-corrected chi connectivity index (χ0v) is 15.5. The maximum absolute atomic E-state index is 12.2. The molecular weight excluding hydrogens is 336 g/mol. The summed E-state index contributed by atoms with van der Waals surface area (Å²) in [5.41, 5.74) is 4.04. The number of anilines is 1. The molecule has 2 N–H and O–H groups in total. The van der Waals surface area contributed by atoms with Gasteiger partial charge in [-0.15, -0.1) is 10.2 Å². The minimum Gasteiger partial charge on any atom is -0.364 e. The van der Waals surface area contributed by atoms with Gasteiger partial charge in [0, 0.05) is 13.1 Å². The minimum absolute atomic E-state index is 0.194. The lowest BCUT2D eigenvalue weighted by Crippen LogP contribution is -2.26. The second kappa shape index (κ2) is 9.48. The quantitative estimate of drug-likeness (QED) is 0.600. The first-order chi connectivity index (χ1) is 13.2. The number of aromatic nitrogens is 2. The summed E-state index contributed by atoms with van der Waals surface area (Å²) in [6.45, 7) is 3.36. The van der Waals surface area contributed by atoms with Crippen molar-refractivity contribution in [2.24, 2.45) is 0 Å². The summed E-state index contributed by atoms with van der Waals surface area (Å²) in [4.78, 5) is 12.2. The van der Waals surface area contributed by atoms with Crippen LogP contribution >= 0.6 is 0 Å². The summed E-state index contributed by atoms with van der Waals surface area (Å²) in [5, 5.41) is 14.2. The molecule has 5 heteroatoms. The molecule has 0 saturated heterocycles. The first kappa shape index (κ1) is 18.6. The van der Waals surface area contributed by atoms with Crippen molar-refractivity contribution in [3.63, 3.8) is 0 Å². The highest BCUT2D eigenvalue weighted by Crippen LogP contribution is 2.10. The third-order valence-electron chi connectivity index (χ3n) is 4.39. The molecule has 1 aromatic heterocycles. The number of carbonyl (C=O) groups is 1. The predicted molar refractivity (Wildman–Crippen MR) is 108 cm³/mol. The van der Waals surface area contributed by atoms with Crippen LogP contribution in [0, 0.1) is 6.92 Å². The fraction of sp³-hybridized carbons (Fsp3) is 0.227. The van der Waals surface area contributed by atoms with E-state index in [0.717, 1.165) is 12.8 Å². The Hall–Kier alpha value is -3.21. The van der Waals surface area contributed by atoms with Crippen molar-refractivity contribution in [2.45, 2.75) is 26.3 Å². The molecule has 0 aliphatic rings. The highest BCUT2D eigenvalue weighted by molar-refractivity contribution is 5.92. The molecule has 3 aromatic rings.